The highest BCUT2D eigenvalue weighted by Gasteiger charge is 2.09. The quantitative estimate of drug-likeness (QED) is 0.736. The lowest BCUT2D eigenvalue weighted by molar-refractivity contribution is 0.0938. The fraction of sp³-hybridized carbons (Fsp3) is 0.533. The highest BCUT2D eigenvalue weighted by Crippen LogP contribution is 2.11. The topological polar surface area (TPSA) is 29.1 Å². The molecule has 0 fully saturated rings. The van der Waals surface area contributed by atoms with E-state index in [2.05, 4.69) is 35.1 Å². The number of rotatable bonds is 7. The van der Waals surface area contributed by atoms with Crippen LogP contribution >= 0.6 is 15.9 Å². The summed E-state index contributed by atoms with van der Waals surface area (Å²) in [5.41, 5.74) is 0.721. The second-order valence-corrected chi connectivity index (χ2v) is 5.65. The van der Waals surface area contributed by atoms with E-state index in [1.165, 1.54) is 25.7 Å². The lowest BCUT2D eigenvalue weighted by Gasteiger charge is -2.13. The van der Waals surface area contributed by atoms with Crippen molar-refractivity contribution in [3.05, 3.63) is 34.3 Å². The van der Waals surface area contributed by atoms with Crippen LogP contribution in [-0.2, 0) is 0 Å². The van der Waals surface area contributed by atoms with E-state index in [1.807, 2.05) is 24.3 Å². The van der Waals surface area contributed by atoms with Crippen molar-refractivity contribution in [3.8, 4) is 0 Å². The van der Waals surface area contributed by atoms with Gasteiger partial charge in [0, 0.05) is 16.1 Å². The molecule has 1 rings (SSSR count). The Labute approximate surface area is 118 Å². The smallest absolute Gasteiger partial charge is 0.251 e. The van der Waals surface area contributed by atoms with Crippen LogP contribution in [0.4, 0.5) is 0 Å². The second-order valence-electron chi connectivity index (χ2n) is 4.73. The Kier molecular flexibility index (Phi) is 7.02. The summed E-state index contributed by atoms with van der Waals surface area (Å²) in [6.07, 6.45) is 6.04. The zero-order chi connectivity index (χ0) is 13.4. The summed E-state index contributed by atoms with van der Waals surface area (Å²) in [6, 6.07) is 7.70. The molecule has 1 aromatic rings. The Morgan fingerprint density at radius 2 is 1.89 bits per heavy atom. The van der Waals surface area contributed by atoms with Gasteiger partial charge in [0.25, 0.3) is 5.91 Å². The van der Waals surface area contributed by atoms with Crippen LogP contribution < -0.4 is 5.32 Å². The third-order valence-electron chi connectivity index (χ3n) is 2.97. The van der Waals surface area contributed by atoms with Crippen LogP contribution in [0.1, 0.15) is 56.3 Å². The van der Waals surface area contributed by atoms with Crippen LogP contribution in [0.3, 0.4) is 0 Å². The summed E-state index contributed by atoms with van der Waals surface area (Å²) in [6.45, 7) is 4.28. The zero-order valence-electron chi connectivity index (χ0n) is 11.2. The fourth-order valence-electron chi connectivity index (χ4n) is 1.86. The van der Waals surface area contributed by atoms with Crippen LogP contribution in [0, 0.1) is 0 Å². The fourth-order valence-corrected chi connectivity index (χ4v) is 2.12. The van der Waals surface area contributed by atoms with E-state index in [4.69, 9.17) is 0 Å². The van der Waals surface area contributed by atoms with Crippen molar-refractivity contribution < 1.29 is 4.79 Å². The molecule has 0 aliphatic rings. The molecule has 0 bridgehead atoms. The molecule has 0 aliphatic heterocycles. The number of benzene rings is 1. The molecule has 0 aromatic heterocycles. The first-order valence-corrected chi connectivity index (χ1v) is 7.49. The maximum atomic E-state index is 11.9. The van der Waals surface area contributed by atoms with E-state index in [9.17, 15) is 4.79 Å². The van der Waals surface area contributed by atoms with E-state index in [-0.39, 0.29) is 11.9 Å². The Morgan fingerprint density at radius 1 is 1.22 bits per heavy atom. The SMILES string of the molecule is CCCCCCC(C)NC(=O)c1ccc(Br)cc1. The molecule has 2 nitrogen and oxygen atoms in total. The van der Waals surface area contributed by atoms with Gasteiger partial charge in [0.2, 0.25) is 0 Å². The monoisotopic (exact) mass is 311 g/mol. The normalized spacial score (nSPS) is 12.2. The van der Waals surface area contributed by atoms with E-state index in [1.54, 1.807) is 0 Å². The van der Waals surface area contributed by atoms with Gasteiger partial charge in [0.1, 0.15) is 0 Å². The molecule has 1 amide bonds. The van der Waals surface area contributed by atoms with Gasteiger partial charge in [0.05, 0.1) is 0 Å². The summed E-state index contributed by atoms with van der Waals surface area (Å²) >= 11 is 3.36. The highest BCUT2D eigenvalue weighted by atomic mass is 79.9. The van der Waals surface area contributed by atoms with Gasteiger partial charge in [-0.2, -0.15) is 0 Å². The van der Waals surface area contributed by atoms with E-state index in [0.29, 0.717) is 0 Å². The van der Waals surface area contributed by atoms with Gasteiger partial charge in [-0.3, -0.25) is 4.79 Å². The molecule has 3 heteroatoms. The minimum absolute atomic E-state index is 0.0190. The summed E-state index contributed by atoms with van der Waals surface area (Å²) in [4.78, 5) is 11.9. The van der Waals surface area contributed by atoms with Gasteiger partial charge in [-0.25, -0.2) is 0 Å². The molecular weight excluding hydrogens is 290 g/mol. The summed E-state index contributed by atoms with van der Waals surface area (Å²) in [5, 5.41) is 3.04. The third-order valence-corrected chi connectivity index (χ3v) is 3.50. The van der Waals surface area contributed by atoms with Gasteiger partial charge < -0.3 is 5.32 Å². The molecule has 1 unspecified atom stereocenters. The molecule has 0 heterocycles. The molecule has 1 atom stereocenters. The van der Waals surface area contributed by atoms with Gasteiger partial charge >= 0.3 is 0 Å². The predicted molar refractivity (Wildman–Crippen MR) is 79.8 cm³/mol. The summed E-state index contributed by atoms with van der Waals surface area (Å²) in [5.74, 6) is 0.0190. The number of hydrogen-bond donors (Lipinski definition) is 1. The first kappa shape index (κ1) is 15.2. The van der Waals surface area contributed by atoms with Gasteiger partial charge in [-0.1, -0.05) is 48.5 Å². The van der Waals surface area contributed by atoms with E-state index < -0.39 is 0 Å². The number of carbonyl (C=O) groups excluding carboxylic acids is 1. The first-order chi connectivity index (χ1) is 8.63. The van der Waals surface area contributed by atoms with E-state index in [0.717, 1.165) is 16.5 Å². The average Bonchev–Trinajstić information content (AvgIpc) is 2.35. The molecule has 0 aliphatic carbocycles. The second kappa shape index (κ2) is 8.30. The molecule has 100 valence electrons. The lowest BCUT2D eigenvalue weighted by atomic mass is 10.1. The number of carbonyl (C=O) groups is 1. The molecule has 1 N–H and O–H groups in total. The maximum absolute atomic E-state index is 11.9. The Balaban J connectivity index is 2.33. The van der Waals surface area contributed by atoms with Crippen molar-refractivity contribution in [1.29, 1.82) is 0 Å². The van der Waals surface area contributed by atoms with Gasteiger partial charge in [-0.15, -0.1) is 0 Å². The third kappa shape index (κ3) is 5.67. The average molecular weight is 312 g/mol. The van der Waals surface area contributed by atoms with Crippen molar-refractivity contribution in [2.75, 3.05) is 0 Å². The zero-order valence-corrected chi connectivity index (χ0v) is 12.8. The molecular formula is C15H22BrNO. The molecule has 0 saturated carbocycles. The first-order valence-electron chi connectivity index (χ1n) is 6.70. The Morgan fingerprint density at radius 3 is 2.50 bits per heavy atom. The Bertz CT molecular complexity index is 361. The van der Waals surface area contributed by atoms with Crippen molar-refractivity contribution in [2.24, 2.45) is 0 Å². The summed E-state index contributed by atoms with van der Waals surface area (Å²) in [7, 11) is 0. The molecule has 18 heavy (non-hydrogen) atoms. The summed E-state index contributed by atoms with van der Waals surface area (Å²) < 4.78 is 0.992. The van der Waals surface area contributed by atoms with Crippen molar-refractivity contribution in [2.45, 2.75) is 52.0 Å². The van der Waals surface area contributed by atoms with Crippen LogP contribution in [0.2, 0.25) is 0 Å². The number of nitrogens with one attached hydrogen (secondary N) is 1. The van der Waals surface area contributed by atoms with Crippen molar-refractivity contribution in [3.63, 3.8) is 0 Å². The number of unbranched alkanes of at least 4 members (excludes halogenated alkanes) is 3. The molecule has 0 saturated heterocycles. The lowest BCUT2D eigenvalue weighted by Crippen LogP contribution is -2.32. The van der Waals surface area contributed by atoms with Crippen LogP contribution in [0.25, 0.3) is 0 Å². The standard InChI is InChI=1S/C15H22BrNO/c1-3-4-5-6-7-12(2)17-15(18)13-8-10-14(16)11-9-13/h8-12H,3-7H2,1-2H3,(H,17,18). The minimum atomic E-state index is 0.0190. The van der Waals surface area contributed by atoms with Gasteiger partial charge in [-0.05, 0) is 37.6 Å². The van der Waals surface area contributed by atoms with Gasteiger partial charge in [0.15, 0.2) is 0 Å². The van der Waals surface area contributed by atoms with E-state index >= 15 is 0 Å². The van der Waals surface area contributed by atoms with Crippen molar-refractivity contribution in [1.82, 2.24) is 5.32 Å². The maximum Gasteiger partial charge on any atom is 0.251 e. The Hall–Kier alpha value is -0.830. The molecule has 0 spiro atoms. The molecule has 0 radical (unpaired) electrons. The van der Waals surface area contributed by atoms with Crippen LogP contribution in [0.5, 0.6) is 0 Å². The van der Waals surface area contributed by atoms with Crippen LogP contribution in [0.15, 0.2) is 28.7 Å². The van der Waals surface area contributed by atoms with Crippen LogP contribution in [-0.4, -0.2) is 11.9 Å². The predicted octanol–water partition coefficient (Wildman–Crippen LogP) is 4.54. The number of halogens is 1. The minimum Gasteiger partial charge on any atom is -0.350 e. The number of hydrogen-bond acceptors (Lipinski definition) is 1. The molecule has 1 aromatic carbocycles. The van der Waals surface area contributed by atoms with Crippen molar-refractivity contribution >= 4 is 21.8 Å². The largest absolute Gasteiger partial charge is 0.350 e. The number of amides is 1. The highest BCUT2D eigenvalue weighted by molar-refractivity contribution is 9.10.